The van der Waals surface area contributed by atoms with Crippen molar-refractivity contribution in [1.29, 1.82) is 0 Å². The smallest absolute Gasteiger partial charge is 0.190 e. The van der Waals surface area contributed by atoms with E-state index < -0.39 is 0 Å². The number of fused-ring (bicyclic) bond motifs is 1. The van der Waals surface area contributed by atoms with Gasteiger partial charge in [0.1, 0.15) is 0 Å². The Hall–Kier alpha value is -3.37. The van der Waals surface area contributed by atoms with Gasteiger partial charge in [0.15, 0.2) is 5.12 Å². The fourth-order valence-electron chi connectivity index (χ4n) is 3.37. The number of hydrogen-bond donors (Lipinski definition) is 2. The van der Waals surface area contributed by atoms with Gasteiger partial charge in [0.25, 0.3) is 0 Å². The Morgan fingerprint density at radius 1 is 0.867 bits per heavy atom. The van der Waals surface area contributed by atoms with E-state index in [1.807, 2.05) is 66.7 Å². The molecule has 4 heteroatoms. The van der Waals surface area contributed by atoms with Crippen molar-refractivity contribution in [3.63, 3.8) is 0 Å². The van der Waals surface area contributed by atoms with E-state index in [1.165, 1.54) is 0 Å². The van der Waals surface area contributed by atoms with Gasteiger partial charge in [-0.1, -0.05) is 66.7 Å². The normalized spacial score (nSPS) is 11.1. The zero-order valence-corrected chi connectivity index (χ0v) is 17.3. The number of carbonyl (C=O) groups is 1. The van der Waals surface area contributed by atoms with Crippen LogP contribution in [-0.4, -0.2) is 10.1 Å². The van der Waals surface area contributed by atoms with Crippen LogP contribution < -0.4 is 5.32 Å². The fourth-order valence-corrected chi connectivity index (χ4v) is 3.54. The molecule has 0 saturated carbocycles. The van der Waals surface area contributed by atoms with Crippen molar-refractivity contribution in [2.45, 2.75) is 13.0 Å². The molecule has 0 radical (unpaired) electrons. The molecule has 0 aliphatic heterocycles. The number of nitrogens with zero attached hydrogens (tertiary/aromatic N) is 1. The van der Waals surface area contributed by atoms with E-state index in [-0.39, 0.29) is 5.12 Å². The van der Waals surface area contributed by atoms with Gasteiger partial charge in [-0.15, -0.1) is 12.6 Å². The number of pyridine rings is 1. The molecule has 0 aliphatic carbocycles. The van der Waals surface area contributed by atoms with Gasteiger partial charge in [0, 0.05) is 24.0 Å². The van der Waals surface area contributed by atoms with Crippen molar-refractivity contribution >= 4 is 46.5 Å². The number of thiol groups is 1. The van der Waals surface area contributed by atoms with Gasteiger partial charge in [0.2, 0.25) is 0 Å². The predicted octanol–water partition coefficient (Wildman–Crippen LogP) is 6.02. The summed E-state index contributed by atoms with van der Waals surface area (Å²) in [7, 11) is 0. The van der Waals surface area contributed by atoms with E-state index in [1.54, 1.807) is 0 Å². The van der Waals surface area contributed by atoms with E-state index >= 15 is 0 Å². The maximum absolute atomic E-state index is 11.4. The zero-order chi connectivity index (χ0) is 20.8. The van der Waals surface area contributed by atoms with Crippen molar-refractivity contribution in [3.8, 4) is 0 Å². The highest BCUT2D eigenvalue weighted by Gasteiger charge is 2.05. The van der Waals surface area contributed by atoms with E-state index in [2.05, 4.69) is 53.3 Å². The standard InChI is InChI=1S/C26H22N2OS/c29-26(30)17-21-8-1-2-9-22(21)18-27-24-10-5-6-19(16-24)12-14-23-15-13-20-7-3-4-11-25(20)28-23/h1-16,27H,17-18H2,(H,29,30)/b14-12+. The average Bonchev–Trinajstić information content (AvgIpc) is 2.77. The molecule has 0 amide bonds. The largest absolute Gasteiger partial charge is 0.381 e. The van der Waals surface area contributed by atoms with Crippen LogP contribution in [0.3, 0.4) is 0 Å². The van der Waals surface area contributed by atoms with Crippen LogP contribution in [0.15, 0.2) is 84.9 Å². The summed E-state index contributed by atoms with van der Waals surface area (Å²) in [6.07, 6.45) is 4.43. The SMILES string of the molecule is O=C(S)Cc1ccccc1CNc1cccc(/C=C/c2ccc3ccccc3n2)c1. The van der Waals surface area contributed by atoms with E-state index in [0.717, 1.165) is 39.0 Å². The fraction of sp³-hybridized carbons (Fsp3) is 0.0769. The van der Waals surface area contributed by atoms with Crippen molar-refractivity contribution < 1.29 is 4.79 Å². The molecule has 4 rings (SSSR count). The zero-order valence-electron chi connectivity index (χ0n) is 16.5. The first-order chi connectivity index (χ1) is 14.7. The number of aromatic nitrogens is 1. The van der Waals surface area contributed by atoms with Gasteiger partial charge >= 0.3 is 0 Å². The molecule has 1 aromatic heterocycles. The van der Waals surface area contributed by atoms with E-state index in [4.69, 9.17) is 0 Å². The predicted molar refractivity (Wildman–Crippen MR) is 129 cm³/mol. The van der Waals surface area contributed by atoms with Gasteiger partial charge in [-0.05, 0) is 47.0 Å². The average molecular weight is 411 g/mol. The highest BCUT2D eigenvalue weighted by Crippen LogP contribution is 2.18. The van der Waals surface area contributed by atoms with Crippen LogP contribution >= 0.6 is 12.6 Å². The summed E-state index contributed by atoms with van der Waals surface area (Å²) in [5.41, 5.74) is 6.14. The molecule has 0 saturated heterocycles. The number of para-hydroxylation sites is 1. The third-order valence-electron chi connectivity index (χ3n) is 4.90. The Morgan fingerprint density at radius 2 is 1.67 bits per heavy atom. The van der Waals surface area contributed by atoms with E-state index in [9.17, 15) is 4.79 Å². The Labute approximate surface area is 181 Å². The quantitative estimate of drug-likeness (QED) is 0.366. The molecule has 0 atom stereocenters. The van der Waals surface area contributed by atoms with Crippen LogP contribution in [0.2, 0.25) is 0 Å². The summed E-state index contributed by atoms with van der Waals surface area (Å²) in [5, 5.41) is 4.46. The molecule has 148 valence electrons. The Kier molecular flexibility index (Phi) is 6.26. The van der Waals surface area contributed by atoms with Crippen LogP contribution in [0.5, 0.6) is 0 Å². The highest BCUT2D eigenvalue weighted by atomic mass is 32.1. The summed E-state index contributed by atoms with van der Waals surface area (Å²) in [6, 6.07) is 28.4. The maximum atomic E-state index is 11.4. The Balaban J connectivity index is 1.46. The number of benzene rings is 3. The highest BCUT2D eigenvalue weighted by molar-refractivity contribution is 7.96. The second-order valence-corrected chi connectivity index (χ2v) is 7.58. The lowest BCUT2D eigenvalue weighted by Gasteiger charge is -2.11. The van der Waals surface area contributed by atoms with E-state index in [0.29, 0.717) is 13.0 Å². The number of anilines is 1. The molecule has 0 spiro atoms. The molecule has 1 N–H and O–H groups in total. The number of nitrogens with one attached hydrogen (secondary N) is 1. The van der Waals surface area contributed by atoms with Gasteiger partial charge < -0.3 is 5.32 Å². The third-order valence-corrected chi connectivity index (χ3v) is 5.05. The molecule has 1 heterocycles. The minimum absolute atomic E-state index is 0.128. The molecular weight excluding hydrogens is 388 g/mol. The number of carbonyl (C=O) groups excluding carboxylic acids is 1. The minimum Gasteiger partial charge on any atom is -0.381 e. The van der Waals surface area contributed by atoms with Crippen LogP contribution in [0, 0.1) is 0 Å². The molecule has 0 bridgehead atoms. The molecule has 0 fully saturated rings. The van der Waals surface area contributed by atoms with Crippen LogP contribution in [0.25, 0.3) is 23.1 Å². The molecule has 4 aromatic rings. The van der Waals surface area contributed by atoms with Gasteiger partial charge in [-0.3, -0.25) is 4.79 Å². The molecule has 0 unspecified atom stereocenters. The molecule has 0 aliphatic rings. The Bertz CT molecular complexity index is 1220. The lowest BCUT2D eigenvalue weighted by Crippen LogP contribution is -2.05. The maximum Gasteiger partial charge on any atom is 0.190 e. The first-order valence-corrected chi connectivity index (χ1v) is 10.3. The molecule has 3 nitrogen and oxygen atoms in total. The second kappa shape index (κ2) is 9.42. The summed E-state index contributed by atoms with van der Waals surface area (Å²) < 4.78 is 0. The van der Waals surface area contributed by atoms with Gasteiger partial charge in [-0.25, -0.2) is 4.98 Å². The van der Waals surface area contributed by atoms with Crippen molar-refractivity contribution in [1.82, 2.24) is 4.98 Å². The van der Waals surface area contributed by atoms with Crippen LogP contribution in [0.1, 0.15) is 22.4 Å². The van der Waals surface area contributed by atoms with Crippen molar-refractivity contribution in [2.75, 3.05) is 5.32 Å². The summed E-state index contributed by atoms with van der Waals surface area (Å²) in [4.78, 5) is 16.1. The molecule has 3 aromatic carbocycles. The first-order valence-electron chi connectivity index (χ1n) is 9.84. The number of rotatable bonds is 7. The van der Waals surface area contributed by atoms with Crippen LogP contribution in [0.4, 0.5) is 5.69 Å². The lowest BCUT2D eigenvalue weighted by atomic mass is 10.0. The van der Waals surface area contributed by atoms with Gasteiger partial charge in [0.05, 0.1) is 11.2 Å². The van der Waals surface area contributed by atoms with Crippen molar-refractivity contribution in [2.24, 2.45) is 0 Å². The summed E-state index contributed by atoms with van der Waals surface area (Å²) >= 11 is 3.91. The Morgan fingerprint density at radius 3 is 2.53 bits per heavy atom. The topological polar surface area (TPSA) is 42.0 Å². The monoisotopic (exact) mass is 410 g/mol. The minimum atomic E-state index is -0.128. The van der Waals surface area contributed by atoms with Crippen LogP contribution in [-0.2, 0) is 17.8 Å². The lowest BCUT2D eigenvalue weighted by molar-refractivity contribution is -0.110. The second-order valence-electron chi connectivity index (χ2n) is 7.08. The molecule has 30 heavy (non-hydrogen) atoms. The first kappa shape index (κ1) is 19.9. The molecular formula is C26H22N2OS. The summed E-state index contributed by atoms with van der Waals surface area (Å²) in [6.45, 7) is 0.649. The summed E-state index contributed by atoms with van der Waals surface area (Å²) in [5.74, 6) is 0. The third kappa shape index (κ3) is 5.16. The van der Waals surface area contributed by atoms with Crippen molar-refractivity contribution in [3.05, 3.63) is 107 Å². The van der Waals surface area contributed by atoms with Gasteiger partial charge in [-0.2, -0.15) is 0 Å². The number of hydrogen-bond acceptors (Lipinski definition) is 3.